The number of aryl methyl sites for hydroxylation is 1. The number of hydrogen-bond donors (Lipinski definition) is 1. The third kappa shape index (κ3) is 3.21. The van der Waals surface area contributed by atoms with Crippen LogP contribution >= 0.6 is 0 Å². The molecule has 0 aliphatic heterocycles. The Morgan fingerprint density at radius 2 is 1.88 bits per heavy atom. The van der Waals surface area contributed by atoms with Gasteiger partial charge in [0.15, 0.2) is 9.84 Å². The molecule has 1 aliphatic rings. The van der Waals surface area contributed by atoms with Gasteiger partial charge in [0, 0.05) is 12.5 Å². The zero-order valence-corrected chi connectivity index (χ0v) is 15.1. The summed E-state index contributed by atoms with van der Waals surface area (Å²) in [7, 11) is -3.66. The fourth-order valence-electron chi connectivity index (χ4n) is 3.40. The first-order valence-corrected chi connectivity index (χ1v) is 9.78. The van der Waals surface area contributed by atoms with E-state index in [0.29, 0.717) is 12.2 Å². The SMILES string of the molecule is CCOC[C@]1(N)[C@H](c2cccc(F)c2)[C@@H]1S(=O)(=O)c1ccc(C)cc1. The highest BCUT2D eigenvalue weighted by Gasteiger charge is 2.69. The van der Waals surface area contributed by atoms with Crippen LogP contribution in [0.4, 0.5) is 4.39 Å². The van der Waals surface area contributed by atoms with Crippen LogP contribution in [-0.4, -0.2) is 32.4 Å². The summed E-state index contributed by atoms with van der Waals surface area (Å²) >= 11 is 0. The van der Waals surface area contributed by atoms with Crippen molar-refractivity contribution in [3.05, 3.63) is 65.5 Å². The van der Waals surface area contributed by atoms with Gasteiger partial charge in [-0.3, -0.25) is 0 Å². The van der Waals surface area contributed by atoms with Gasteiger partial charge in [-0.05, 0) is 43.7 Å². The van der Waals surface area contributed by atoms with Gasteiger partial charge in [0.2, 0.25) is 0 Å². The van der Waals surface area contributed by atoms with Crippen LogP contribution < -0.4 is 5.73 Å². The summed E-state index contributed by atoms with van der Waals surface area (Å²) in [6.45, 7) is 4.27. The van der Waals surface area contributed by atoms with Crippen molar-refractivity contribution in [2.75, 3.05) is 13.2 Å². The molecule has 2 aromatic rings. The first-order chi connectivity index (χ1) is 11.8. The van der Waals surface area contributed by atoms with Crippen LogP contribution in [0.25, 0.3) is 0 Å². The molecule has 0 spiro atoms. The summed E-state index contributed by atoms with van der Waals surface area (Å²) in [5.74, 6) is -0.907. The number of nitrogens with two attached hydrogens (primary N) is 1. The lowest BCUT2D eigenvalue weighted by atomic mass is 10.1. The van der Waals surface area contributed by atoms with Gasteiger partial charge < -0.3 is 10.5 Å². The number of hydrogen-bond acceptors (Lipinski definition) is 4. The summed E-state index contributed by atoms with van der Waals surface area (Å²) in [5.41, 5.74) is 6.93. The minimum atomic E-state index is -3.66. The molecule has 0 aromatic heterocycles. The van der Waals surface area contributed by atoms with Gasteiger partial charge >= 0.3 is 0 Å². The molecule has 0 bridgehead atoms. The molecular formula is C19H22FNO3S. The first kappa shape index (κ1) is 18.0. The van der Waals surface area contributed by atoms with Crippen molar-refractivity contribution in [1.29, 1.82) is 0 Å². The van der Waals surface area contributed by atoms with E-state index in [0.717, 1.165) is 5.56 Å². The fraction of sp³-hybridized carbons (Fsp3) is 0.368. The Kier molecular flexibility index (Phi) is 4.70. The lowest BCUT2D eigenvalue weighted by Gasteiger charge is -2.12. The van der Waals surface area contributed by atoms with Crippen molar-refractivity contribution in [1.82, 2.24) is 0 Å². The second-order valence-corrected chi connectivity index (χ2v) is 8.63. The van der Waals surface area contributed by atoms with E-state index in [1.54, 1.807) is 36.4 Å². The molecule has 1 aliphatic carbocycles. The molecule has 1 saturated carbocycles. The van der Waals surface area contributed by atoms with Gasteiger partial charge in [0.05, 0.1) is 22.3 Å². The molecule has 2 N–H and O–H groups in total. The summed E-state index contributed by atoms with van der Waals surface area (Å²) in [6.07, 6.45) is 0. The zero-order chi connectivity index (χ0) is 18.2. The summed E-state index contributed by atoms with van der Waals surface area (Å²) in [6, 6.07) is 12.7. The molecule has 3 atom stereocenters. The van der Waals surface area contributed by atoms with Gasteiger partial charge in [-0.1, -0.05) is 29.8 Å². The maximum atomic E-state index is 13.6. The lowest BCUT2D eigenvalue weighted by Crippen LogP contribution is -2.36. The Labute approximate surface area is 147 Å². The minimum Gasteiger partial charge on any atom is -0.380 e. The zero-order valence-electron chi connectivity index (χ0n) is 14.3. The maximum absolute atomic E-state index is 13.6. The summed E-state index contributed by atoms with van der Waals surface area (Å²) in [4.78, 5) is 0.230. The third-order valence-corrected chi connectivity index (χ3v) is 7.06. The normalized spacial score (nSPS) is 25.8. The Bertz CT molecular complexity index is 866. The second kappa shape index (κ2) is 6.52. The largest absolute Gasteiger partial charge is 0.380 e. The summed E-state index contributed by atoms with van der Waals surface area (Å²) in [5, 5.41) is -0.837. The van der Waals surface area contributed by atoms with Crippen molar-refractivity contribution >= 4 is 9.84 Å². The predicted octanol–water partition coefficient (Wildman–Crippen LogP) is 2.81. The van der Waals surface area contributed by atoms with E-state index in [2.05, 4.69) is 0 Å². The van der Waals surface area contributed by atoms with Crippen LogP contribution in [0, 0.1) is 12.7 Å². The average molecular weight is 363 g/mol. The smallest absolute Gasteiger partial charge is 0.183 e. The molecule has 25 heavy (non-hydrogen) atoms. The Hall–Kier alpha value is -1.76. The van der Waals surface area contributed by atoms with Crippen LogP contribution in [0.3, 0.4) is 0 Å². The Morgan fingerprint density at radius 3 is 2.48 bits per heavy atom. The van der Waals surface area contributed by atoms with Crippen molar-refractivity contribution in [2.24, 2.45) is 5.73 Å². The molecule has 6 heteroatoms. The molecule has 0 heterocycles. The van der Waals surface area contributed by atoms with Crippen LogP contribution in [0.2, 0.25) is 0 Å². The lowest BCUT2D eigenvalue weighted by molar-refractivity contribution is 0.125. The van der Waals surface area contributed by atoms with Crippen LogP contribution in [0.15, 0.2) is 53.4 Å². The standard InChI is InChI=1S/C19H22FNO3S/c1-3-24-12-19(21)17(14-5-4-6-15(20)11-14)18(19)25(22,23)16-9-7-13(2)8-10-16/h4-11,17-18H,3,12,21H2,1-2H3/t17-,18+,19+/m1/s1. The quantitative estimate of drug-likeness (QED) is 0.857. The van der Waals surface area contributed by atoms with Crippen LogP contribution in [-0.2, 0) is 14.6 Å². The number of benzene rings is 2. The monoisotopic (exact) mass is 363 g/mol. The first-order valence-electron chi connectivity index (χ1n) is 8.23. The molecule has 134 valence electrons. The highest BCUT2D eigenvalue weighted by Crippen LogP contribution is 2.55. The van der Waals surface area contributed by atoms with E-state index in [9.17, 15) is 12.8 Å². The molecule has 2 aromatic carbocycles. The topological polar surface area (TPSA) is 69.4 Å². The average Bonchev–Trinajstić information content (AvgIpc) is 3.20. The van der Waals surface area contributed by atoms with Crippen molar-refractivity contribution in [2.45, 2.75) is 35.4 Å². The fourth-order valence-corrected chi connectivity index (χ4v) is 5.69. The summed E-state index contributed by atoms with van der Waals surface area (Å²) < 4.78 is 45.3. The number of rotatable bonds is 6. The number of ether oxygens (including phenoxy) is 1. The van der Waals surface area contributed by atoms with Crippen molar-refractivity contribution in [3.8, 4) is 0 Å². The molecule has 3 rings (SSSR count). The van der Waals surface area contributed by atoms with Gasteiger partial charge in [-0.25, -0.2) is 12.8 Å². The molecule has 1 fully saturated rings. The van der Waals surface area contributed by atoms with E-state index in [4.69, 9.17) is 10.5 Å². The molecule has 0 radical (unpaired) electrons. The van der Waals surface area contributed by atoms with Crippen molar-refractivity contribution in [3.63, 3.8) is 0 Å². The highest BCUT2D eigenvalue weighted by atomic mass is 32.2. The second-order valence-electron chi connectivity index (χ2n) is 6.56. The van der Waals surface area contributed by atoms with Crippen LogP contribution in [0.1, 0.15) is 24.0 Å². The van der Waals surface area contributed by atoms with Gasteiger partial charge in [0.25, 0.3) is 0 Å². The van der Waals surface area contributed by atoms with E-state index in [1.807, 2.05) is 13.8 Å². The predicted molar refractivity (Wildman–Crippen MR) is 94.7 cm³/mol. The van der Waals surface area contributed by atoms with Crippen molar-refractivity contribution < 1.29 is 17.5 Å². The van der Waals surface area contributed by atoms with E-state index in [1.165, 1.54) is 12.1 Å². The highest BCUT2D eigenvalue weighted by molar-refractivity contribution is 7.92. The van der Waals surface area contributed by atoms with Gasteiger partial charge in [-0.2, -0.15) is 0 Å². The van der Waals surface area contributed by atoms with Gasteiger partial charge in [-0.15, -0.1) is 0 Å². The molecule has 0 saturated heterocycles. The molecule has 0 unspecified atom stereocenters. The van der Waals surface area contributed by atoms with Gasteiger partial charge in [0.1, 0.15) is 5.82 Å². The van der Waals surface area contributed by atoms with E-state index >= 15 is 0 Å². The van der Waals surface area contributed by atoms with E-state index in [-0.39, 0.29) is 11.5 Å². The molecular weight excluding hydrogens is 341 g/mol. The van der Waals surface area contributed by atoms with E-state index < -0.39 is 32.4 Å². The third-order valence-electron chi connectivity index (χ3n) is 4.75. The maximum Gasteiger partial charge on any atom is 0.183 e. The Balaban J connectivity index is 2.01. The van der Waals surface area contributed by atoms with Crippen LogP contribution in [0.5, 0.6) is 0 Å². The number of sulfone groups is 1. The molecule has 4 nitrogen and oxygen atoms in total. The molecule has 0 amide bonds. The Morgan fingerprint density at radius 1 is 1.20 bits per heavy atom. The number of halogens is 1. The minimum absolute atomic E-state index is 0.112.